The Kier molecular flexibility index (Phi) is 5.60. The van der Waals surface area contributed by atoms with Gasteiger partial charge in [-0.3, -0.25) is 0 Å². The fourth-order valence-electron chi connectivity index (χ4n) is 2.31. The summed E-state index contributed by atoms with van der Waals surface area (Å²) in [5, 5.41) is 3.32. The summed E-state index contributed by atoms with van der Waals surface area (Å²) < 4.78 is 27.4. The normalized spacial score (nSPS) is 18.4. The largest absolute Gasteiger partial charge is 0.310 e. The maximum Gasteiger partial charge on any atom is 0.252 e. The molecular formula is C14H24N2O2S2. The minimum atomic E-state index is -3.28. The monoisotopic (exact) mass is 316 g/mol. The molecule has 0 unspecified atom stereocenters. The van der Waals surface area contributed by atoms with Crippen LogP contribution in [0.15, 0.2) is 16.3 Å². The Morgan fingerprint density at radius 3 is 2.45 bits per heavy atom. The lowest BCUT2D eigenvalue weighted by Gasteiger charge is -2.18. The van der Waals surface area contributed by atoms with Gasteiger partial charge in [-0.2, -0.15) is 4.31 Å². The summed E-state index contributed by atoms with van der Waals surface area (Å²) in [6, 6.07) is 4.08. The molecule has 0 atom stereocenters. The van der Waals surface area contributed by atoms with E-state index in [2.05, 4.69) is 19.2 Å². The summed E-state index contributed by atoms with van der Waals surface area (Å²) in [5.74, 6) is 0. The minimum absolute atomic E-state index is 0.405. The third-order valence-electron chi connectivity index (χ3n) is 3.48. The number of hydrogen-bond donors (Lipinski definition) is 1. The van der Waals surface area contributed by atoms with Crippen molar-refractivity contribution < 1.29 is 8.42 Å². The Balaban J connectivity index is 2.08. The molecule has 114 valence electrons. The second-order valence-corrected chi connectivity index (χ2v) is 8.91. The van der Waals surface area contributed by atoms with E-state index in [1.54, 1.807) is 10.4 Å². The van der Waals surface area contributed by atoms with Crippen LogP contribution < -0.4 is 5.32 Å². The first-order valence-electron chi connectivity index (χ1n) is 7.32. The van der Waals surface area contributed by atoms with Gasteiger partial charge >= 0.3 is 0 Å². The molecule has 1 aromatic heterocycles. The highest BCUT2D eigenvalue weighted by Crippen LogP contribution is 2.26. The van der Waals surface area contributed by atoms with E-state index in [9.17, 15) is 8.42 Å². The van der Waals surface area contributed by atoms with Crippen LogP contribution >= 0.6 is 11.3 Å². The molecule has 0 bridgehead atoms. The van der Waals surface area contributed by atoms with E-state index < -0.39 is 10.0 Å². The van der Waals surface area contributed by atoms with Crippen molar-refractivity contribution in [3.8, 4) is 0 Å². The van der Waals surface area contributed by atoms with Crippen LogP contribution in [0.3, 0.4) is 0 Å². The van der Waals surface area contributed by atoms with E-state index in [1.165, 1.54) is 11.3 Å². The third kappa shape index (κ3) is 4.04. The highest BCUT2D eigenvalue weighted by Gasteiger charge is 2.26. The summed E-state index contributed by atoms with van der Waals surface area (Å²) in [5.41, 5.74) is 0. The minimum Gasteiger partial charge on any atom is -0.310 e. The number of thiophene rings is 1. The molecule has 0 aromatic carbocycles. The molecule has 0 amide bonds. The molecule has 2 heterocycles. The molecule has 1 aliphatic heterocycles. The number of hydrogen-bond acceptors (Lipinski definition) is 4. The number of sulfonamides is 1. The van der Waals surface area contributed by atoms with Gasteiger partial charge in [-0.25, -0.2) is 8.42 Å². The van der Waals surface area contributed by atoms with Crippen molar-refractivity contribution in [3.63, 3.8) is 0 Å². The Morgan fingerprint density at radius 1 is 1.20 bits per heavy atom. The first-order chi connectivity index (χ1) is 9.50. The van der Waals surface area contributed by atoms with E-state index in [1.807, 2.05) is 6.07 Å². The van der Waals surface area contributed by atoms with Gasteiger partial charge in [0, 0.05) is 30.6 Å². The standard InChI is InChI=1S/C14H24N2O2S2/c1-12(2)15-11-13-7-8-14(19-13)20(17,18)16-9-5-3-4-6-10-16/h7-8,12,15H,3-6,9-11H2,1-2H3. The fourth-order valence-corrected chi connectivity index (χ4v) is 5.28. The van der Waals surface area contributed by atoms with Crippen molar-refractivity contribution in [2.45, 2.75) is 56.3 Å². The summed E-state index contributed by atoms with van der Waals surface area (Å²) in [6.45, 7) is 6.24. The lowest BCUT2D eigenvalue weighted by Crippen LogP contribution is -2.31. The molecule has 1 N–H and O–H groups in total. The van der Waals surface area contributed by atoms with E-state index in [4.69, 9.17) is 0 Å². The van der Waals surface area contributed by atoms with Crippen LogP contribution in [0.25, 0.3) is 0 Å². The van der Waals surface area contributed by atoms with Gasteiger partial charge < -0.3 is 5.32 Å². The topological polar surface area (TPSA) is 49.4 Å². The van der Waals surface area contributed by atoms with Gasteiger partial charge in [0.25, 0.3) is 10.0 Å². The number of nitrogens with one attached hydrogen (secondary N) is 1. The highest BCUT2D eigenvalue weighted by atomic mass is 32.2. The van der Waals surface area contributed by atoms with Gasteiger partial charge in [0.15, 0.2) is 0 Å². The lowest BCUT2D eigenvalue weighted by atomic mass is 10.2. The maximum atomic E-state index is 12.6. The van der Waals surface area contributed by atoms with Crippen LogP contribution in [0.1, 0.15) is 44.4 Å². The predicted molar refractivity (Wildman–Crippen MR) is 83.5 cm³/mol. The molecule has 1 fully saturated rings. The van der Waals surface area contributed by atoms with Gasteiger partial charge in [-0.05, 0) is 25.0 Å². The Morgan fingerprint density at radius 2 is 1.85 bits per heavy atom. The molecule has 6 heteroatoms. The lowest BCUT2D eigenvalue weighted by molar-refractivity contribution is 0.425. The third-order valence-corrected chi connectivity index (χ3v) is 6.93. The van der Waals surface area contributed by atoms with E-state index in [0.29, 0.717) is 23.3 Å². The van der Waals surface area contributed by atoms with Gasteiger partial charge in [0.1, 0.15) is 4.21 Å². The average molecular weight is 316 g/mol. The van der Waals surface area contributed by atoms with Gasteiger partial charge in [-0.1, -0.05) is 26.7 Å². The second-order valence-electron chi connectivity index (χ2n) is 5.57. The average Bonchev–Trinajstić information content (AvgIpc) is 2.70. The van der Waals surface area contributed by atoms with Gasteiger partial charge in [0.05, 0.1) is 0 Å². The van der Waals surface area contributed by atoms with E-state index in [0.717, 1.165) is 37.1 Å². The summed E-state index contributed by atoms with van der Waals surface area (Å²) in [6.07, 6.45) is 4.23. The van der Waals surface area contributed by atoms with Crippen molar-refractivity contribution in [2.24, 2.45) is 0 Å². The van der Waals surface area contributed by atoms with Crippen molar-refractivity contribution >= 4 is 21.4 Å². The van der Waals surface area contributed by atoms with Crippen molar-refractivity contribution in [3.05, 3.63) is 17.0 Å². The molecule has 2 rings (SSSR count). The smallest absolute Gasteiger partial charge is 0.252 e. The van der Waals surface area contributed by atoms with E-state index >= 15 is 0 Å². The zero-order valence-corrected chi connectivity index (χ0v) is 13.9. The zero-order valence-electron chi connectivity index (χ0n) is 12.3. The molecule has 0 aliphatic carbocycles. The SMILES string of the molecule is CC(C)NCc1ccc(S(=O)(=O)N2CCCCCC2)s1. The highest BCUT2D eigenvalue weighted by molar-refractivity contribution is 7.91. The van der Waals surface area contributed by atoms with Crippen molar-refractivity contribution in [1.82, 2.24) is 9.62 Å². The van der Waals surface area contributed by atoms with Gasteiger partial charge in [-0.15, -0.1) is 11.3 Å². The first kappa shape index (κ1) is 15.9. The molecule has 20 heavy (non-hydrogen) atoms. The Labute approximate surface area is 126 Å². The van der Waals surface area contributed by atoms with Crippen LogP contribution in [0.2, 0.25) is 0 Å². The van der Waals surface area contributed by atoms with Gasteiger partial charge in [0.2, 0.25) is 0 Å². The molecule has 1 saturated heterocycles. The number of nitrogens with zero attached hydrogens (tertiary/aromatic N) is 1. The summed E-state index contributed by atoms with van der Waals surface area (Å²) in [7, 11) is -3.28. The second kappa shape index (κ2) is 7.02. The predicted octanol–water partition coefficient (Wildman–Crippen LogP) is 2.81. The van der Waals surface area contributed by atoms with Crippen LogP contribution in [0.5, 0.6) is 0 Å². The fraction of sp³-hybridized carbons (Fsp3) is 0.714. The maximum absolute atomic E-state index is 12.6. The van der Waals surface area contributed by atoms with E-state index in [-0.39, 0.29) is 0 Å². The molecule has 4 nitrogen and oxygen atoms in total. The van der Waals surface area contributed by atoms with Crippen molar-refractivity contribution in [1.29, 1.82) is 0 Å². The quantitative estimate of drug-likeness (QED) is 0.909. The molecule has 0 spiro atoms. The molecule has 1 aliphatic rings. The van der Waals surface area contributed by atoms with Crippen LogP contribution in [0, 0.1) is 0 Å². The molecule has 0 saturated carbocycles. The zero-order chi connectivity index (χ0) is 14.6. The molecular weight excluding hydrogens is 292 g/mol. The van der Waals surface area contributed by atoms with Crippen LogP contribution in [-0.4, -0.2) is 31.9 Å². The molecule has 0 radical (unpaired) electrons. The molecule has 1 aromatic rings. The first-order valence-corrected chi connectivity index (χ1v) is 9.58. The summed E-state index contributed by atoms with van der Waals surface area (Å²) in [4.78, 5) is 1.08. The Hall–Kier alpha value is -0.430. The number of rotatable bonds is 5. The van der Waals surface area contributed by atoms with Crippen LogP contribution in [-0.2, 0) is 16.6 Å². The van der Waals surface area contributed by atoms with Crippen molar-refractivity contribution in [2.75, 3.05) is 13.1 Å². The summed E-state index contributed by atoms with van der Waals surface area (Å²) >= 11 is 1.39. The Bertz CT molecular complexity index is 515. The van der Waals surface area contributed by atoms with Crippen LogP contribution in [0.4, 0.5) is 0 Å².